The van der Waals surface area contributed by atoms with Crippen molar-refractivity contribution in [2.45, 2.75) is 46.8 Å². The van der Waals surface area contributed by atoms with Crippen LogP contribution in [0.3, 0.4) is 0 Å². The Morgan fingerprint density at radius 2 is 2.19 bits per heavy atom. The molecule has 1 aromatic rings. The van der Waals surface area contributed by atoms with Gasteiger partial charge in [0.1, 0.15) is 5.01 Å². The Kier molecular flexibility index (Phi) is 5.58. The number of hydrogen-bond donors (Lipinski definition) is 2. The fourth-order valence-electron chi connectivity index (χ4n) is 2.67. The average Bonchev–Trinajstić information content (AvgIpc) is 3.01. The molecule has 0 aromatic carbocycles. The summed E-state index contributed by atoms with van der Waals surface area (Å²) in [4.78, 5) is 17.5. The molecule has 2 atom stereocenters. The van der Waals surface area contributed by atoms with Gasteiger partial charge in [-0.2, -0.15) is 0 Å². The minimum Gasteiger partial charge on any atom is -0.378 e. The second-order valence-electron chi connectivity index (χ2n) is 5.94. The van der Waals surface area contributed by atoms with E-state index in [4.69, 9.17) is 4.74 Å². The first-order chi connectivity index (χ1) is 9.97. The van der Waals surface area contributed by atoms with E-state index in [1.807, 2.05) is 13.8 Å². The smallest absolute Gasteiger partial charge is 0.315 e. The third kappa shape index (κ3) is 4.41. The SMILES string of the molecule is Cc1nc(CNC(=O)NC[C@H]2CCO[C@H]2C(C)C)sc1C. The van der Waals surface area contributed by atoms with Gasteiger partial charge < -0.3 is 15.4 Å². The molecule has 1 aliphatic heterocycles. The molecule has 1 aliphatic rings. The predicted molar refractivity (Wildman–Crippen MR) is 84.5 cm³/mol. The predicted octanol–water partition coefficient (Wildman–Crippen LogP) is 2.62. The third-order valence-corrected chi connectivity index (χ3v) is 4.99. The Balaban J connectivity index is 1.72. The van der Waals surface area contributed by atoms with Crippen LogP contribution >= 0.6 is 11.3 Å². The first kappa shape index (κ1) is 16.2. The topological polar surface area (TPSA) is 63.2 Å². The summed E-state index contributed by atoms with van der Waals surface area (Å²) in [5.41, 5.74) is 1.04. The van der Waals surface area contributed by atoms with Crippen molar-refractivity contribution >= 4 is 17.4 Å². The standard InChI is InChI=1S/C15H25N3O2S/c1-9(2)14-12(5-6-20-14)7-16-15(19)17-8-13-18-10(3)11(4)21-13/h9,12,14H,5-8H2,1-4H3,(H2,16,17,19)/t12-,14+/m1/s1. The van der Waals surface area contributed by atoms with Crippen LogP contribution in [-0.2, 0) is 11.3 Å². The molecule has 0 saturated carbocycles. The van der Waals surface area contributed by atoms with E-state index in [0.29, 0.717) is 24.9 Å². The maximum atomic E-state index is 11.9. The van der Waals surface area contributed by atoms with Crippen LogP contribution in [0.5, 0.6) is 0 Å². The number of ether oxygens (including phenoxy) is 1. The quantitative estimate of drug-likeness (QED) is 0.878. The lowest BCUT2D eigenvalue weighted by molar-refractivity contribution is 0.0545. The number of carbonyl (C=O) groups is 1. The average molecular weight is 311 g/mol. The number of rotatable bonds is 5. The van der Waals surface area contributed by atoms with E-state index in [0.717, 1.165) is 23.7 Å². The largest absolute Gasteiger partial charge is 0.378 e. The molecular weight excluding hydrogens is 286 g/mol. The summed E-state index contributed by atoms with van der Waals surface area (Å²) in [7, 11) is 0. The molecule has 2 rings (SSSR count). The molecule has 0 unspecified atom stereocenters. The van der Waals surface area contributed by atoms with Gasteiger partial charge in [-0.1, -0.05) is 13.8 Å². The summed E-state index contributed by atoms with van der Waals surface area (Å²) < 4.78 is 5.72. The maximum absolute atomic E-state index is 11.9. The van der Waals surface area contributed by atoms with Crippen LogP contribution < -0.4 is 10.6 Å². The minimum atomic E-state index is -0.130. The highest BCUT2D eigenvalue weighted by molar-refractivity contribution is 7.11. The molecule has 0 radical (unpaired) electrons. The molecule has 1 saturated heterocycles. The highest BCUT2D eigenvalue weighted by atomic mass is 32.1. The first-order valence-corrected chi connectivity index (χ1v) is 8.35. The molecule has 2 heterocycles. The highest BCUT2D eigenvalue weighted by Gasteiger charge is 2.30. The number of nitrogens with zero attached hydrogens (tertiary/aromatic N) is 1. The summed E-state index contributed by atoms with van der Waals surface area (Å²) in [5, 5.41) is 6.76. The number of nitrogens with one attached hydrogen (secondary N) is 2. The molecule has 1 fully saturated rings. The normalized spacial score (nSPS) is 21.8. The van der Waals surface area contributed by atoms with E-state index in [9.17, 15) is 4.79 Å². The Labute approximate surface area is 130 Å². The van der Waals surface area contributed by atoms with E-state index in [-0.39, 0.29) is 12.1 Å². The summed E-state index contributed by atoms with van der Waals surface area (Å²) in [6.07, 6.45) is 1.28. The molecule has 2 N–H and O–H groups in total. The Morgan fingerprint density at radius 1 is 1.43 bits per heavy atom. The highest BCUT2D eigenvalue weighted by Crippen LogP contribution is 2.26. The number of hydrogen-bond acceptors (Lipinski definition) is 4. The van der Waals surface area contributed by atoms with Crippen LogP contribution in [0, 0.1) is 25.7 Å². The van der Waals surface area contributed by atoms with E-state index in [1.54, 1.807) is 11.3 Å². The van der Waals surface area contributed by atoms with Crippen molar-refractivity contribution in [1.82, 2.24) is 15.6 Å². The zero-order valence-electron chi connectivity index (χ0n) is 13.2. The zero-order valence-corrected chi connectivity index (χ0v) is 14.0. The fourth-order valence-corrected chi connectivity index (χ4v) is 3.54. The van der Waals surface area contributed by atoms with Gasteiger partial charge in [0.25, 0.3) is 0 Å². The van der Waals surface area contributed by atoms with Gasteiger partial charge in [-0.15, -0.1) is 11.3 Å². The molecule has 6 heteroatoms. The molecule has 0 bridgehead atoms. The summed E-state index contributed by atoms with van der Waals surface area (Å²) in [6.45, 7) is 10.3. The first-order valence-electron chi connectivity index (χ1n) is 7.53. The Morgan fingerprint density at radius 3 is 2.81 bits per heavy atom. The molecule has 118 valence electrons. The van der Waals surface area contributed by atoms with Crippen LogP contribution in [0.2, 0.25) is 0 Å². The second kappa shape index (κ2) is 7.22. The number of carbonyl (C=O) groups excluding carboxylic acids is 1. The molecule has 1 aromatic heterocycles. The number of amides is 2. The van der Waals surface area contributed by atoms with Crippen molar-refractivity contribution < 1.29 is 9.53 Å². The van der Waals surface area contributed by atoms with E-state index in [2.05, 4.69) is 29.5 Å². The van der Waals surface area contributed by atoms with Crippen molar-refractivity contribution in [1.29, 1.82) is 0 Å². The fraction of sp³-hybridized carbons (Fsp3) is 0.733. The lowest BCUT2D eigenvalue weighted by Crippen LogP contribution is -2.40. The molecule has 5 nitrogen and oxygen atoms in total. The van der Waals surface area contributed by atoms with Crippen LogP contribution in [0.1, 0.15) is 35.8 Å². The third-order valence-electron chi connectivity index (χ3n) is 3.92. The van der Waals surface area contributed by atoms with Gasteiger partial charge in [-0.25, -0.2) is 9.78 Å². The van der Waals surface area contributed by atoms with Gasteiger partial charge in [0.2, 0.25) is 0 Å². The van der Waals surface area contributed by atoms with Crippen molar-refractivity contribution in [3.8, 4) is 0 Å². The molecule has 0 aliphatic carbocycles. The van der Waals surface area contributed by atoms with Crippen molar-refractivity contribution in [3.05, 3.63) is 15.6 Å². The lowest BCUT2D eigenvalue weighted by atomic mass is 9.93. The summed E-state index contributed by atoms with van der Waals surface area (Å²) in [5.74, 6) is 0.906. The van der Waals surface area contributed by atoms with Crippen LogP contribution in [-0.4, -0.2) is 30.3 Å². The van der Waals surface area contributed by atoms with Crippen molar-refractivity contribution in [2.24, 2.45) is 11.8 Å². The van der Waals surface area contributed by atoms with Gasteiger partial charge >= 0.3 is 6.03 Å². The van der Waals surface area contributed by atoms with Crippen LogP contribution in [0.4, 0.5) is 4.79 Å². The minimum absolute atomic E-state index is 0.130. The number of aromatic nitrogens is 1. The van der Waals surface area contributed by atoms with Crippen LogP contribution in [0.25, 0.3) is 0 Å². The number of aryl methyl sites for hydroxylation is 2. The van der Waals surface area contributed by atoms with Gasteiger partial charge in [0.15, 0.2) is 0 Å². The van der Waals surface area contributed by atoms with Crippen LogP contribution in [0.15, 0.2) is 0 Å². The number of thiazole rings is 1. The monoisotopic (exact) mass is 311 g/mol. The number of urea groups is 1. The molecule has 21 heavy (non-hydrogen) atoms. The molecular formula is C15H25N3O2S. The Hall–Kier alpha value is -1.14. The van der Waals surface area contributed by atoms with Gasteiger partial charge in [-0.05, 0) is 26.2 Å². The zero-order chi connectivity index (χ0) is 15.4. The van der Waals surface area contributed by atoms with E-state index >= 15 is 0 Å². The summed E-state index contributed by atoms with van der Waals surface area (Å²) >= 11 is 1.63. The van der Waals surface area contributed by atoms with Gasteiger partial charge in [0.05, 0.1) is 18.3 Å². The van der Waals surface area contributed by atoms with E-state index in [1.165, 1.54) is 4.88 Å². The van der Waals surface area contributed by atoms with Crippen molar-refractivity contribution in [3.63, 3.8) is 0 Å². The Bertz CT molecular complexity index is 468. The molecule has 0 spiro atoms. The second-order valence-corrected chi connectivity index (χ2v) is 7.23. The molecule has 2 amide bonds. The summed E-state index contributed by atoms with van der Waals surface area (Å²) in [6, 6.07) is -0.130. The van der Waals surface area contributed by atoms with Gasteiger partial charge in [0, 0.05) is 23.9 Å². The van der Waals surface area contributed by atoms with E-state index < -0.39 is 0 Å². The maximum Gasteiger partial charge on any atom is 0.315 e. The van der Waals surface area contributed by atoms with Crippen molar-refractivity contribution in [2.75, 3.05) is 13.2 Å². The van der Waals surface area contributed by atoms with Gasteiger partial charge in [-0.3, -0.25) is 0 Å². The lowest BCUT2D eigenvalue weighted by Gasteiger charge is -2.22.